The maximum atomic E-state index is 12.9. The van der Waals surface area contributed by atoms with E-state index in [1.165, 1.54) is 12.1 Å². The molecule has 4 heteroatoms. The summed E-state index contributed by atoms with van der Waals surface area (Å²) in [7, 11) is 0. The summed E-state index contributed by atoms with van der Waals surface area (Å²) < 4.78 is 25.9. The highest BCUT2D eigenvalue weighted by atomic mass is 19.1. The number of nitriles is 2. The molecule has 2 nitrogen and oxygen atoms in total. The highest BCUT2D eigenvalue weighted by Crippen LogP contribution is 2.13. The van der Waals surface area contributed by atoms with E-state index in [0.717, 1.165) is 12.1 Å². The van der Waals surface area contributed by atoms with Crippen molar-refractivity contribution < 1.29 is 8.78 Å². The lowest BCUT2D eigenvalue weighted by Gasteiger charge is -1.96. The van der Waals surface area contributed by atoms with Crippen LogP contribution >= 0.6 is 0 Å². The van der Waals surface area contributed by atoms with Gasteiger partial charge in [0.25, 0.3) is 0 Å². The van der Waals surface area contributed by atoms with Crippen LogP contribution in [0.4, 0.5) is 8.78 Å². The molecule has 14 heavy (non-hydrogen) atoms. The van der Waals surface area contributed by atoms with Gasteiger partial charge in [-0.1, -0.05) is 5.92 Å². The van der Waals surface area contributed by atoms with Crippen LogP contribution in [-0.2, 0) is 0 Å². The number of benzene rings is 1. The summed E-state index contributed by atoms with van der Waals surface area (Å²) in [4.78, 5) is 0. The number of hydrogen-bond donors (Lipinski definition) is 0. The first kappa shape index (κ1) is 9.71. The van der Waals surface area contributed by atoms with Crippen molar-refractivity contribution in [2.24, 2.45) is 0 Å². The van der Waals surface area contributed by atoms with Crippen LogP contribution in [0.25, 0.3) is 0 Å². The van der Waals surface area contributed by atoms with Gasteiger partial charge < -0.3 is 0 Å². The van der Waals surface area contributed by atoms with Crippen LogP contribution in [-0.4, -0.2) is 0 Å². The molecule has 1 aromatic carbocycles. The molecule has 0 bridgehead atoms. The minimum Gasteiger partial charge on any atom is -0.205 e. The fourth-order valence-electron chi connectivity index (χ4n) is 0.852. The summed E-state index contributed by atoms with van der Waals surface area (Å²) >= 11 is 0. The van der Waals surface area contributed by atoms with Gasteiger partial charge in [-0.25, -0.2) is 8.78 Å². The molecule has 0 saturated heterocycles. The third kappa shape index (κ3) is 1.86. The first-order valence-electron chi connectivity index (χ1n) is 3.48. The predicted octanol–water partition coefficient (Wildman–Crippen LogP) is 1.71. The third-order valence-electron chi connectivity index (χ3n) is 1.42. The molecule has 66 valence electrons. The second kappa shape index (κ2) is 4.03. The Morgan fingerprint density at radius 1 is 1.07 bits per heavy atom. The zero-order valence-electron chi connectivity index (χ0n) is 6.81. The lowest BCUT2D eigenvalue weighted by Crippen LogP contribution is -1.91. The minimum atomic E-state index is -0.977. The number of halogens is 2. The average Bonchev–Trinajstić information content (AvgIpc) is 2.14. The molecule has 0 spiro atoms. The van der Waals surface area contributed by atoms with E-state index in [1.807, 2.05) is 5.92 Å². The van der Waals surface area contributed by atoms with Crippen LogP contribution < -0.4 is 0 Å². The van der Waals surface area contributed by atoms with E-state index in [0.29, 0.717) is 0 Å². The SMILES string of the molecule is N#CC#Cc1cc(F)c(C#N)c(F)c1. The Labute approximate surface area is 79.0 Å². The first-order chi connectivity index (χ1) is 6.69. The van der Waals surface area contributed by atoms with Crippen LogP contribution in [0.2, 0.25) is 0 Å². The van der Waals surface area contributed by atoms with Crippen molar-refractivity contribution in [3.63, 3.8) is 0 Å². The van der Waals surface area contributed by atoms with Crippen molar-refractivity contribution in [3.8, 4) is 24.0 Å². The van der Waals surface area contributed by atoms with Crippen LogP contribution in [0.5, 0.6) is 0 Å². The zero-order chi connectivity index (χ0) is 10.6. The molecule has 0 radical (unpaired) electrons. The number of rotatable bonds is 0. The molecule has 0 fully saturated rings. The zero-order valence-corrected chi connectivity index (χ0v) is 6.81. The molecule has 0 saturated carbocycles. The van der Waals surface area contributed by atoms with Crippen LogP contribution in [0.1, 0.15) is 11.1 Å². The van der Waals surface area contributed by atoms with E-state index in [-0.39, 0.29) is 5.56 Å². The van der Waals surface area contributed by atoms with Crippen molar-refractivity contribution in [1.29, 1.82) is 10.5 Å². The topological polar surface area (TPSA) is 47.6 Å². The third-order valence-corrected chi connectivity index (χ3v) is 1.42. The van der Waals surface area contributed by atoms with Crippen LogP contribution in [0.15, 0.2) is 12.1 Å². The Hall–Kier alpha value is -2.38. The van der Waals surface area contributed by atoms with Gasteiger partial charge in [-0.3, -0.25) is 0 Å². The molecule has 1 aromatic rings. The highest BCUT2D eigenvalue weighted by molar-refractivity contribution is 5.43. The van der Waals surface area contributed by atoms with Gasteiger partial charge in [-0.05, 0) is 12.1 Å². The van der Waals surface area contributed by atoms with Crippen LogP contribution in [0, 0.1) is 46.1 Å². The molecule has 0 N–H and O–H groups in total. The van der Waals surface area contributed by atoms with Gasteiger partial charge in [0, 0.05) is 11.5 Å². The maximum Gasteiger partial charge on any atom is 0.152 e. The standard InChI is InChI=1S/C10H2F2N2/c11-9-4-7(2-1-3-13)5-10(12)8(9)6-14/h4-5H. The largest absolute Gasteiger partial charge is 0.205 e. The summed E-state index contributed by atoms with van der Waals surface area (Å²) in [5.74, 6) is 2.27. The smallest absolute Gasteiger partial charge is 0.152 e. The molecule has 0 aliphatic carbocycles. The van der Waals surface area contributed by atoms with Crippen molar-refractivity contribution >= 4 is 0 Å². The molecule has 0 aliphatic rings. The molecular weight excluding hydrogens is 186 g/mol. The molecule has 0 heterocycles. The summed E-state index contributed by atoms with van der Waals surface area (Å²) in [6.45, 7) is 0. The summed E-state index contributed by atoms with van der Waals surface area (Å²) in [6.07, 6.45) is 0. The Bertz CT molecular complexity index is 487. The van der Waals surface area contributed by atoms with Crippen LogP contribution in [0.3, 0.4) is 0 Å². The van der Waals surface area contributed by atoms with Crippen molar-refractivity contribution in [2.45, 2.75) is 0 Å². The Morgan fingerprint density at radius 2 is 1.64 bits per heavy atom. The summed E-state index contributed by atoms with van der Waals surface area (Å²) in [5, 5.41) is 16.5. The molecule has 0 unspecified atom stereocenters. The van der Waals surface area contributed by atoms with Gasteiger partial charge in [-0.2, -0.15) is 10.5 Å². The van der Waals surface area contributed by atoms with Crippen molar-refractivity contribution in [3.05, 3.63) is 34.9 Å². The summed E-state index contributed by atoms with van der Waals surface area (Å²) in [6, 6.07) is 4.71. The van der Waals surface area contributed by atoms with E-state index in [1.54, 1.807) is 0 Å². The van der Waals surface area contributed by atoms with E-state index in [4.69, 9.17) is 10.5 Å². The molecular formula is C10H2F2N2. The lowest BCUT2D eigenvalue weighted by atomic mass is 10.1. The first-order valence-corrected chi connectivity index (χ1v) is 3.48. The fourth-order valence-corrected chi connectivity index (χ4v) is 0.852. The number of hydrogen-bond acceptors (Lipinski definition) is 2. The quantitative estimate of drug-likeness (QED) is 0.582. The average molecular weight is 188 g/mol. The van der Waals surface area contributed by atoms with Crippen molar-refractivity contribution in [1.82, 2.24) is 0 Å². The second-order valence-corrected chi connectivity index (χ2v) is 2.29. The van der Waals surface area contributed by atoms with Crippen molar-refractivity contribution in [2.75, 3.05) is 0 Å². The minimum absolute atomic E-state index is 0.0283. The number of nitrogens with zero attached hydrogens (tertiary/aromatic N) is 2. The fraction of sp³-hybridized carbons (Fsp3) is 0. The summed E-state index contributed by atoms with van der Waals surface area (Å²) in [5.41, 5.74) is -0.618. The van der Waals surface area contributed by atoms with E-state index in [9.17, 15) is 8.78 Å². The van der Waals surface area contributed by atoms with E-state index in [2.05, 4.69) is 5.92 Å². The molecule has 1 rings (SSSR count). The highest BCUT2D eigenvalue weighted by Gasteiger charge is 2.09. The Morgan fingerprint density at radius 3 is 2.07 bits per heavy atom. The van der Waals surface area contributed by atoms with Gasteiger partial charge >= 0.3 is 0 Å². The predicted molar refractivity (Wildman–Crippen MR) is 43.6 cm³/mol. The lowest BCUT2D eigenvalue weighted by molar-refractivity contribution is 0.576. The van der Waals surface area contributed by atoms with Gasteiger partial charge in [-0.15, -0.1) is 0 Å². The maximum absolute atomic E-state index is 12.9. The Balaban J connectivity index is 3.31. The second-order valence-electron chi connectivity index (χ2n) is 2.29. The Kier molecular flexibility index (Phi) is 2.79. The van der Waals surface area contributed by atoms with E-state index >= 15 is 0 Å². The van der Waals surface area contributed by atoms with Gasteiger partial charge in [0.15, 0.2) is 6.07 Å². The molecule has 0 aromatic heterocycles. The molecule has 0 aliphatic heterocycles. The molecule has 0 amide bonds. The van der Waals surface area contributed by atoms with Gasteiger partial charge in [0.2, 0.25) is 0 Å². The van der Waals surface area contributed by atoms with Gasteiger partial charge in [0.05, 0.1) is 0 Å². The van der Waals surface area contributed by atoms with E-state index < -0.39 is 17.2 Å². The molecule has 0 atom stereocenters. The monoisotopic (exact) mass is 188 g/mol. The van der Waals surface area contributed by atoms with Gasteiger partial charge in [0.1, 0.15) is 23.3 Å². The normalized spacial score (nSPS) is 8.00.